The summed E-state index contributed by atoms with van der Waals surface area (Å²) in [5.41, 5.74) is 5.65. The van der Waals surface area contributed by atoms with Gasteiger partial charge in [0.25, 0.3) is 0 Å². The molecule has 0 aromatic carbocycles. The number of nitrogens with one attached hydrogen (secondary N) is 1. The molecule has 4 nitrogen and oxygen atoms in total. The maximum Gasteiger partial charge on any atom is 0.211 e. The number of halogens is 1. The van der Waals surface area contributed by atoms with Gasteiger partial charge in [0.2, 0.25) is 10.0 Å². The van der Waals surface area contributed by atoms with Crippen molar-refractivity contribution >= 4 is 22.4 Å². The maximum atomic E-state index is 11.8. The number of hydrogen-bond acceptors (Lipinski definition) is 3. The topological polar surface area (TPSA) is 72.2 Å². The van der Waals surface area contributed by atoms with Crippen LogP contribution in [0.15, 0.2) is 0 Å². The zero-order valence-corrected chi connectivity index (χ0v) is 13.7. The summed E-state index contributed by atoms with van der Waals surface area (Å²) in [7, 11) is -3.19. The smallest absolute Gasteiger partial charge is 0.211 e. The van der Waals surface area contributed by atoms with Crippen LogP contribution in [-0.4, -0.2) is 26.3 Å². The minimum Gasteiger partial charge on any atom is -0.324 e. The third-order valence-electron chi connectivity index (χ3n) is 3.34. The van der Waals surface area contributed by atoms with E-state index in [-0.39, 0.29) is 24.1 Å². The molecule has 1 unspecified atom stereocenters. The van der Waals surface area contributed by atoms with E-state index in [1.165, 1.54) is 0 Å². The summed E-state index contributed by atoms with van der Waals surface area (Å²) in [5.74, 6) is 0.401. The van der Waals surface area contributed by atoms with Crippen LogP contribution in [0.1, 0.15) is 53.4 Å². The van der Waals surface area contributed by atoms with Crippen molar-refractivity contribution in [2.45, 2.75) is 58.9 Å². The molecule has 18 heavy (non-hydrogen) atoms. The average molecular weight is 301 g/mol. The largest absolute Gasteiger partial charge is 0.324 e. The number of hydrogen-bond donors (Lipinski definition) is 2. The van der Waals surface area contributed by atoms with Crippen LogP contribution < -0.4 is 10.5 Å². The Hall–Kier alpha value is 0.160. The Balaban J connectivity index is 0. The van der Waals surface area contributed by atoms with Crippen molar-refractivity contribution in [1.82, 2.24) is 4.72 Å². The molecule has 6 heteroatoms. The van der Waals surface area contributed by atoms with Gasteiger partial charge in [-0.2, -0.15) is 0 Å². The predicted octanol–water partition coefficient (Wildman–Crippen LogP) is 2.28. The molecule has 0 aliphatic carbocycles. The van der Waals surface area contributed by atoms with Crippen molar-refractivity contribution in [2.24, 2.45) is 11.7 Å². The van der Waals surface area contributed by atoms with Gasteiger partial charge >= 0.3 is 0 Å². The molecular weight excluding hydrogens is 272 g/mol. The Morgan fingerprint density at radius 3 is 2.11 bits per heavy atom. The SMILES string of the molecule is CCCC(C)CS(=O)(=O)NCC(N)(CC)CC.Cl. The standard InChI is InChI=1S/C12H28N2O2S.ClH/c1-5-8-11(4)9-17(15,16)14-10-12(13,6-2)7-3;/h11,14H,5-10,13H2,1-4H3;1H. The third kappa shape index (κ3) is 8.29. The molecule has 0 radical (unpaired) electrons. The van der Waals surface area contributed by atoms with E-state index >= 15 is 0 Å². The second-order valence-corrected chi connectivity index (χ2v) is 6.92. The van der Waals surface area contributed by atoms with Crippen molar-refractivity contribution < 1.29 is 8.42 Å². The fourth-order valence-electron chi connectivity index (χ4n) is 1.76. The van der Waals surface area contributed by atoms with Gasteiger partial charge in [-0.05, 0) is 25.2 Å². The molecule has 0 amide bonds. The number of nitrogens with two attached hydrogens (primary N) is 1. The van der Waals surface area contributed by atoms with Crippen LogP contribution in [0, 0.1) is 5.92 Å². The summed E-state index contributed by atoms with van der Waals surface area (Å²) < 4.78 is 26.3. The summed E-state index contributed by atoms with van der Waals surface area (Å²) >= 11 is 0. The van der Waals surface area contributed by atoms with E-state index in [1.807, 2.05) is 20.8 Å². The van der Waals surface area contributed by atoms with E-state index in [9.17, 15) is 8.42 Å². The molecule has 0 spiro atoms. The van der Waals surface area contributed by atoms with Crippen molar-refractivity contribution in [2.75, 3.05) is 12.3 Å². The Morgan fingerprint density at radius 1 is 1.22 bits per heavy atom. The van der Waals surface area contributed by atoms with E-state index in [1.54, 1.807) is 0 Å². The number of sulfonamides is 1. The first-order valence-corrected chi connectivity index (χ1v) is 8.20. The molecule has 1 atom stereocenters. The molecule has 0 aliphatic heterocycles. The van der Waals surface area contributed by atoms with Gasteiger partial charge in [-0.1, -0.05) is 34.1 Å². The molecule has 0 saturated heterocycles. The van der Waals surface area contributed by atoms with Gasteiger partial charge in [0.1, 0.15) is 0 Å². The summed E-state index contributed by atoms with van der Waals surface area (Å²) in [4.78, 5) is 0. The minimum atomic E-state index is -3.19. The summed E-state index contributed by atoms with van der Waals surface area (Å²) in [6, 6.07) is 0. The second kappa shape index (κ2) is 9.13. The van der Waals surface area contributed by atoms with Gasteiger partial charge < -0.3 is 5.73 Å². The molecule has 0 fully saturated rings. The van der Waals surface area contributed by atoms with Crippen LogP contribution in [0.25, 0.3) is 0 Å². The lowest BCUT2D eigenvalue weighted by Gasteiger charge is -2.27. The first-order chi connectivity index (χ1) is 7.78. The second-order valence-electron chi connectivity index (χ2n) is 5.07. The maximum absolute atomic E-state index is 11.8. The monoisotopic (exact) mass is 300 g/mol. The fourth-order valence-corrected chi connectivity index (χ4v) is 3.30. The van der Waals surface area contributed by atoms with Crippen LogP contribution in [-0.2, 0) is 10.0 Å². The molecular formula is C12H29ClN2O2S. The van der Waals surface area contributed by atoms with Crippen LogP contribution in [0.5, 0.6) is 0 Å². The van der Waals surface area contributed by atoms with Gasteiger partial charge in [0.05, 0.1) is 5.75 Å². The lowest BCUT2D eigenvalue weighted by molar-refractivity contribution is 0.391. The number of rotatable bonds is 9. The van der Waals surface area contributed by atoms with E-state index < -0.39 is 15.6 Å². The summed E-state index contributed by atoms with van der Waals surface area (Å²) in [6.07, 6.45) is 3.50. The Labute approximate surface area is 119 Å². The van der Waals surface area contributed by atoms with Gasteiger partial charge in [-0.25, -0.2) is 13.1 Å². The lowest BCUT2D eigenvalue weighted by atomic mass is 9.95. The Morgan fingerprint density at radius 2 is 1.72 bits per heavy atom. The molecule has 0 rings (SSSR count). The molecule has 0 heterocycles. The van der Waals surface area contributed by atoms with Crippen molar-refractivity contribution in [1.29, 1.82) is 0 Å². The highest BCUT2D eigenvalue weighted by atomic mass is 35.5. The van der Waals surface area contributed by atoms with Crippen LogP contribution in [0.4, 0.5) is 0 Å². The van der Waals surface area contributed by atoms with E-state index in [0.29, 0.717) is 6.54 Å². The van der Waals surface area contributed by atoms with Crippen molar-refractivity contribution in [3.63, 3.8) is 0 Å². The van der Waals surface area contributed by atoms with E-state index in [2.05, 4.69) is 11.6 Å². The van der Waals surface area contributed by atoms with E-state index in [4.69, 9.17) is 5.73 Å². The highest BCUT2D eigenvalue weighted by Gasteiger charge is 2.23. The van der Waals surface area contributed by atoms with Gasteiger partial charge in [0, 0.05) is 12.1 Å². The molecule has 0 bridgehead atoms. The predicted molar refractivity (Wildman–Crippen MR) is 80.6 cm³/mol. The van der Waals surface area contributed by atoms with Gasteiger partial charge in [-0.15, -0.1) is 12.4 Å². The third-order valence-corrected chi connectivity index (χ3v) is 4.93. The van der Waals surface area contributed by atoms with E-state index in [0.717, 1.165) is 25.7 Å². The van der Waals surface area contributed by atoms with Gasteiger partial charge in [0.15, 0.2) is 0 Å². The van der Waals surface area contributed by atoms with Crippen LogP contribution in [0.3, 0.4) is 0 Å². The zero-order valence-electron chi connectivity index (χ0n) is 12.0. The molecule has 112 valence electrons. The minimum absolute atomic E-state index is 0. The average Bonchev–Trinajstić information content (AvgIpc) is 2.26. The molecule has 0 aliphatic rings. The fraction of sp³-hybridized carbons (Fsp3) is 1.00. The van der Waals surface area contributed by atoms with Crippen LogP contribution >= 0.6 is 12.4 Å². The Bertz CT molecular complexity index is 303. The van der Waals surface area contributed by atoms with Crippen LogP contribution in [0.2, 0.25) is 0 Å². The van der Waals surface area contributed by atoms with Crippen molar-refractivity contribution in [3.8, 4) is 0 Å². The summed E-state index contributed by atoms with van der Waals surface area (Å²) in [6.45, 7) is 8.34. The quantitative estimate of drug-likeness (QED) is 0.686. The first kappa shape index (κ1) is 20.5. The molecule has 0 aromatic rings. The highest BCUT2D eigenvalue weighted by molar-refractivity contribution is 7.89. The van der Waals surface area contributed by atoms with Gasteiger partial charge in [-0.3, -0.25) is 0 Å². The molecule has 0 saturated carbocycles. The molecule has 3 N–H and O–H groups in total. The molecule has 0 aromatic heterocycles. The lowest BCUT2D eigenvalue weighted by Crippen LogP contribution is -2.49. The highest BCUT2D eigenvalue weighted by Crippen LogP contribution is 2.11. The zero-order chi connectivity index (χ0) is 13.5. The normalized spacial score (nSPS) is 14.1. The summed E-state index contributed by atoms with van der Waals surface area (Å²) in [5, 5.41) is 0. The van der Waals surface area contributed by atoms with Crippen molar-refractivity contribution in [3.05, 3.63) is 0 Å². The first-order valence-electron chi connectivity index (χ1n) is 6.54. The Kier molecular flexibility index (Phi) is 10.4.